The maximum absolute atomic E-state index is 11.7. The van der Waals surface area contributed by atoms with E-state index in [1.54, 1.807) is 6.26 Å². The zero-order valence-electron chi connectivity index (χ0n) is 9.64. The highest BCUT2D eigenvalue weighted by Crippen LogP contribution is 2.06. The van der Waals surface area contributed by atoms with Crippen LogP contribution in [0.5, 0.6) is 0 Å². The lowest BCUT2D eigenvalue weighted by Gasteiger charge is -2.19. The van der Waals surface area contributed by atoms with E-state index in [4.69, 9.17) is 5.84 Å². The lowest BCUT2D eigenvalue weighted by atomic mass is 10.1. The summed E-state index contributed by atoms with van der Waals surface area (Å²) in [6.07, 6.45) is 1.72. The van der Waals surface area contributed by atoms with Gasteiger partial charge in [-0.3, -0.25) is 0 Å². The van der Waals surface area contributed by atoms with Crippen molar-refractivity contribution in [1.82, 2.24) is 19.8 Å². The highest BCUT2D eigenvalue weighted by molar-refractivity contribution is 7.98. The fourth-order valence-electron chi connectivity index (χ4n) is 1.01. The number of nitrogens with zero attached hydrogens (tertiary/aromatic N) is 3. The van der Waals surface area contributed by atoms with E-state index < -0.39 is 17.3 Å². The fraction of sp³-hybridized carbons (Fsp3) is 0.625. The quantitative estimate of drug-likeness (QED) is 0.529. The molecule has 1 amide bonds. The number of thioether (sulfide) groups is 1. The second kappa shape index (κ2) is 4.20. The standard InChI is InChI=1S/C8H15N5O2S/c1-8(2,3)10-5(14)13-7(15)12(9)6(11-13)16-4/h9H2,1-4H3,(H,10,14). The molecule has 0 spiro atoms. The number of nitrogens with two attached hydrogens (primary N) is 1. The van der Waals surface area contributed by atoms with Crippen molar-refractivity contribution in [1.29, 1.82) is 0 Å². The van der Waals surface area contributed by atoms with Crippen molar-refractivity contribution in [3.05, 3.63) is 10.5 Å². The predicted octanol–water partition coefficient (Wildman–Crippen LogP) is -0.163. The van der Waals surface area contributed by atoms with E-state index in [1.807, 2.05) is 20.8 Å². The van der Waals surface area contributed by atoms with E-state index >= 15 is 0 Å². The molecule has 0 saturated carbocycles. The van der Waals surface area contributed by atoms with Gasteiger partial charge in [-0.1, -0.05) is 11.8 Å². The molecule has 8 heteroatoms. The van der Waals surface area contributed by atoms with Crippen LogP contribution in [0.3, 0.4) is 0 Å². The third kappa shape index (κ3) is 2.57. The van der Waals surface area contributed by atoms with Gasteiger partial charge in [0.2, 0.25) is 5.16 Å². The number of carbonyl (C=O) groups is 1. The van der Waals surface area contributed by atoms with Crippen molar-refractivity contribution in [3.63, 3.8) is 0 Å². The molecule has 0 atom stereocenters. The average molecular weight is 245 g/mol. The average Bonchev–Trinajstić information content (AvgIpc) is 2.41. The van der Waals surface area contributed by atoms with Crippen LogP contribution in [-0.2, 0) is 0 Å². The van der Waals surface area contributed by atoms with Crippen LogP contribution in [0.15, 0.2) is 9.95 Å². The van der Waals surface area contributed by atoms with Crippen molar-refractivity contribution in [2.24, 2.45) is 0 Å². The molecule has 1 aromatic heterocycles. The summed E-state index contributed by atoms with van der Waals surface area (Å²) in [5, 5.41) is 6.72. The van der Waals surface area contributed by atoms with Gasteiger partial charge < -0.3 is 11.2 Å². The molecular formula is C8H15N5O2S. The van der Waals surface area contributed by atoms with Crippen LogP contribution in [0.1, 0.15) is 20.8 Å². The molecule has 0 aliphatic carbocycles. The SMILES string of the molecule is CSc1nn(C(=O)NC(C)(C)C)c(=O)n1N. The summed E-state index contributed by atoms with van der Waals surface area (Å²) >= 11 is 1.19. The van der Waals surface area contributed by atoms with Gasteiger partial charge in [0.25, 0.3) is 0 Å². The van der Waals surface area contributed by atoms with E-state index in [9.17, 15) is 9.59 Å². The Balaban J connectivity index is 3.06. The van der Waals surface area contributed by atoms with Crippen LogP contribution >= 0.6 is 11.8 Å². The molecule has 0 radical (unpaired) electrons. The zero-order valence-corrected chi connectivity index (χ0v) is 10.5. The topological polar surface area (TPSA) is 94.9 Å². The molecule has 3 N–H and O–H groups in total. The Morgan fingerprint density at radius 1 is 1.50 bits per heavy atom. The molecule has 1 heterocycles. The normalized spacial score (nSPS) is 11.5. The Bertz CT molecular complexity index is 456. The summed E-state index contributed by atoms with van der Waals surface area (Å²) in [5.41, 5.74) is -1.10. The molecule has 16 heavy (non-hydrogen) atoms. The summed E-state index contributed by atoms with van der Waals surface area (Å²) in [6, 6.07) is -0.586. The second-order valence-electron chi connectivity index (χ2n) is 4.23. The molecule has 0 bridgehead atoms. The van der Waals surface area contributed by atoms with Crippen LogP contribution in [0, 0.1) is 0 Å². The summed E-state index contributed by atoms with van der Waals surface area (Å²) in [4.78, 5) is 23.2. The lowest BCUT2D eigenvalue weighted by Crippen LogP contribution is -2.47. The summed E-state index contributed by atoms with van der Waals surface area (Å²) in [7, 11) is 0. The molecule has 7 nitrogen and oxygen atoms in total. The van der Waals surface area contributed by atoms with E-state index in [-0.39, 0.29) is 5.16 Å². The monoisotopic (exact) mass is 245 g/mol. The van der Waals surface area contributed by atoms with Crippen molar-refractivity contribution in [3.8, 4) is 0 Å². The molecule has 1 rings (SSSR count). The number of nitrogen functional groups attached to an aromatic ring is 1. The number of amides is 1. The number of hydrogen-bond acceptors (Lipinski definition) is 5. The van der Waals surface area contributed by atoms with Gasteiger partial charge in [0.15, 0.2) is 0 Å². The minimum atomic E-state index is -0.661. The van der Waals surface area contributed by atoms with Gasteiger partial charge in [-0.25, -0.2) is 9.59 Å². The van der Waals surface area contributed by atoms with Gasteiger partial charge in [-0.05, 0) is 27.0 Å². The third-order valence-corrected chi connectivity index (χ3v) is 2.28. The van der Waals surface area contributed by atoms with Crippen LogP contribution in [0.25, 0.3) is 0 Å². The van der Waals surface area contributed by atoms with Crippen molar-refractivity contribution in [2.75, 3.05) is 12.1 Å². The predicted molar refractivity (Wildman–Crippen MR) is 62.1 cm³/mol. The summed E-state index contributed by atoms with van der Waals surface area (Å²) < 4.78 is 1.56. The Labute approximate surface area is 97.0 Å². The first-order chi connectivity index (χ1) is 7.26. The van der Waals surface area contributed by atoms with E-state index in [0.29, 0.717) is 0 Å². The first-order valence-electron chi connectivity index (χ1n) is 4.60. The van der Waals surface area contributed by atoms with Crippen LogP contribution in [-0.4, -0.2) is 32.3 Å². The maximum Gasteiger partial charge on any atom is 0.374 e. The molecule has 0 aliphatic heterocycles. The number of aromatic nitrogens is 3. The van der Waals surface area contributed by atoms with Crippen molar-refractivity contribution >= 4 is 17.8 Å². The van der Waals surface area contributed by atoms with E-state index in [2.05, 4.69) is 10.4 Å². The van der Waals surface area contributed by atoms with Gasteiger partial charge in [0.1, 0.15) is 0 Å². The highest BCUT2D eigenvalue weighted by atomic mass is 32.2. The third-order valence-electron chi connectivity index (χ3n) is 1.64. The Morgan fingerprint density at radius 2 is 2.06 bits per heavy atom. The number of nitrogens with one attached hydrogen (secondary N) is 1. The molecule has 90 valence electrons. The van der Waals surface area contributed by atoms with Gasteiger partial charge in [0.05, 0.1) is 0 Å². The number of hydrogen-bond donors (Lipinski definition) is 2. The van der Waals surface area contributed by atoms with Crippen LogP contribution in [0.2, 0.25) is 0 Å². The zero-order chi connectivity index (χ0) is 12.5. The molecule has 0 unspecified atom stereocenters. The lowest BCUT2D eigenvalue weighted by molar-refractivity contribution is 0.229. The fourth-order valence-corrected chi connectivity index (χ4v) is 1.44. The van der Waals surface area contributed by atoms with Gasteiger partial charge >= 0.3 is 11.7 Å². The Kier molecular flexibility index (Phi) is 3.32. The largest absolute Gasteiger partial charge is 0.374 e. The summed E-state index contributed by atoms with van der Waals surface area (Å²) in [6.45, 7) is 5.43. The van der Waals surface area contributed by atoms with Crippen molar-refractivity contribution in [2.45, 2.75) is 31.5 Å². The second-order valence-corrected chi connectivity index (χ2v) is 5.00. The Morgan fingerprint density at radius 3 is 2.44 bits per heavy atom. The van der Waals surface area contributed by atoms with E-state index in [0.717, 1.165) is 9.36 Å². The number of carbonyl (C=O) groups excluding carboxylic acids is 1. The first kappa shape index (κ1) is 12.6. The van der Waals surface area contributed by atoms with Gasteiger partial charge in [-0.2, -0.15) is 4.68 Å². The maximum atomic E-state index is 11.7. The van der Waals surface area contributed by atoms with E-state index in [1.165, 1.54) is 11.8 Å². The molecule has 0 aromatic carbocycles. The Hall–Kier alpha value is -1.44. The minimum absolute atomic E-state index is 0.286. The molecular weight excluding hydrogens is 230 g/mol. The molecule has 0 saturated heterocycles. The van der Waals surface area contributed by atoms with Gasteiger partial charge in [0, 0.05) is 5.54 Å². The highest BCUT2D eigenvalue weighted by Gasteiger charge is 2.20. The number of rotatable bonds is 1. The van der Waals surface area contributed by atoms with Crippen LogP contribution in [0.4, 0.5) is 4.79 Å². The minimum Gasteiger partial charge on any atom is -0.333 e. The summed E-state index contributed by atoms with van der Waals surface area (Å²) in [5.74, 6) is 5.44. The molecule has 1 aromatic rings. The van der Waals surface area contributed by atoms with Gasteiger partial charge in [-0.15, -0.1) is 9.78 Å². The molecule has 0 fully saturated rings. The van der Waals surface area contributed by atoms with Crippen LogP contribution < -0.4 is 16.8 Å². The molecule has 0 aliphatic rings. The van der Waals surface area contributed by atoms with Crippen molar-refractivity contribution < 1.29 is 4.79 Å². The smallest absolute Gasteiger partial charge is 0.333 e. The first-order valence-corrected chi connectivity index (χ1v) is 5.82.